The Balaban J connectivity index is 1.65. The Morgan fingerprint density at radius 3 is 2.92 bits per heavy atom. The van der Waals surface area contributed by atoms with Crippen LogP contribution in [-0.2, 0) is 11.3 Å². The zero-order valence-electron chi connectivity index (χ0n) is 14.7. The van der Waals surface area contributed by atoms with Crippen LogP contribution in [0, 0.1) is 0 Å². The number of fused-ring (bicyclic) bond motifs is 2. The zero-order chi connectivity index (χ0) is 17.9. The number of carbonyl (C=O) groups excluding carboxylic acids is 1. The largest absolute Gasteiger partial charge is 0.451 e. The summed E-state index contributed by atoms with van der Waals surface area (Å²) in [5.74, 6) is 1.17. The number of hydrogen-bond donors (Lipinski definition) is 1. The van der Waals surface area contributed by atoms with Gasteiger partial charge in [-0.05, 0) is 31.0 Å². The summed E-state index contributed by atoms with van der Waals surface area (Å²) < 4.78 is 11.5. The number of ether oxygens (including phenoxy) is 1. The van der Waals surface area contributed by atoms with Crippen molar-refractivity contribution in [3.05, 3.63) is 65.4 Å². The first-order valence-corrected chi connectivity index (χ1v) is 9.87. The van der Waals surface area contributed by atoms with Gasteiger partial charge in [0.25, 0.3) is 5.91 Å². The lowest BCUT2D eigenvalue weighted by Gasteiger charge is -2.25. The predicted octanol–water partition coefficient (Wildman–Crippen LogP) is 4.94. The van der Waals surface area contributed by atoms with E-state index >= 15 is 0 Å². The van der Waals surface area contributed by atoms with Crippen molar-refractivity contribution < 1.29 is 13.9 Å². The summed E-state index contributed by atoms with van der Waals surface area (Å²) in [6, 6.07) is 16.0. The summed E-state index contributed by atoms with van der Waals surface area (Å²) in [6.45, 7) is 2.90. The molecule has 0 spiro atoms. The molecular weight excluding hydrogens is 346 g/mol. The molecule has 0 radical (unpaired) electrons. The number of amides is 1. The van der Waals surface area contributed by atoms with Gasteiger partial charge < -0.3 is 14.5 Å². The number of thioether (sulfide) groups is 1. The Morgan fingerprint density at radius 2 is 2.04 bits per heavy atom. The maximum absolute atomic E-state index is 13.0. The summed E-state index contributed by atoms with van der Waals surface area (Å²) in [5, 5.41) is 4.10. The monoisotopic (exact) mass is 367 g/mol. The minimum Gasteiger partial charge on any atom is -0.451 e. The van der Waals surface area contributed by atoms with E-state index in [0.717, 1.165) is 23.1 Å². The van der Waals surface area contributed by atoms with E-state index in [9.17, 15) is 4.79 Å². The number of nitrogens with one attached hydrogen (secondary N) is 1. The van der Waals surface area contributed by atoms with Crippen LogP contribution in [0.15, 0.2) is 57.8 Å². The highest BCUT2D eigenvalue weighted by Crippen LogP contribution is 2.36. The number of benzene rings is 2. The van der Waals surface area contributed by atoms with Crippen LogP contribution in [0.25, 0.3) is 11.0 Å². The summed E-state index contributed by atoms with van der Waals surface area (Å²) in [7, 11) is 0. The van der Waals surface area contributed by atoms with Gasteiger partial charge in [-0.3, -0.25) is 4.79 Å². The van der Waals surface area contributed by atoms with Gasteiger partial charge in [0, 0.05) is 28.2 Å². The number of para-hydroxylation sites is 1. The second kappa shape index (κ2) is 7.56. The molecule has 0 bridgehead atoms. The number of furan rings is 1. The third-order valence-electron chi connectivity index (χ3n) is 4.62. The Bertz CT molecular complexity index is 934. The molecule has 5 heteroatoms. The van der Waals surface area contributed by atoms with Crippen molar-refractivity contribution in [2.75, 3.05) is 12.4 Å². The third-order valence-corrected chi connectivity index (χ3v) is 5.74. The van der Waals surface area contributed by atoms with Crippen LogP contribution in [0.5, 0.6) is 0 Å². The normalized spacial score (nSPS) is 16.4. The van der Waals surface area contributed by atoms with Crippen LogP contribution in [0.4, 0.5) is 0 Å². The van der Waals surface area contributed by atoms with Crippen molar-refractivity contribution in [1.29, 1.82) is 0 Å². The predicted molar refractivity (Wildman–Crippen MR) is 104 cm³/mol. The van der Waals surface area contributed by atoms with E-state index in [1.54, 1.807) is 0 Å². The Labute approximate surface area is 156 Å². The fourth-order valence-electron chi connectivity index (χ4n) is 3.35. The van der Waals surface area contributed by atoms with E-state index < -0.39 is 0 Å². The van der Waals surface area contributed by atoms with Gasteiger partial charge in [0.1, 0.15) is 5.58 Å². The lowest BCUT2D eigenvalue weighted by atomic mass is 10.0. The highest BCUT2D eigenvalue weighted by atomic mass is 32.2. The topological polar surface area (TPSA) is 51.5 Å². The number of carbonyl (C=O) groups is 1. The van der Waals surface area contributed by atoms with Gasteiger partial charge in [-0.1, -0.05) is 36.4 Å². The third kappa shape index (κ3) is 3.24. The molecule has 2 aromatic carbocycles. The molecule has 1 aliphatic heterocycles. The molecule has 1 N–H and O–H groups in total. The van der Waals surface area contributed by atoms with E-state index in [2.05, 4.69) is 17.4 Å². The molecule has 0 saturated carbocycles. The molecule has 26 heavy (non-hydrogen) atoms. The average Bonchev–Trinajstić information content (AvgIpc) is 3.05. The average molecular weight is 367 g/mol. The van der Waals surface area contributed by atoms with Crippen LogP contribution in [-0.4, -0.2) is 18.3 Å². The molecular formula is C21H21NO3S. The van der Waals surface area contributed by atoms with Crippen molar-refractivity contribution in [3.63, 3.8) is 0 Å². The van der Waals surface area contributed by atoms with Gasteiger partial charge in [0.05, 0.1) is 12.6 Å². The van der Waals surface area contributed by atoms with E-state index in [4.69, 9.17) is 9.15 Å². The SMILES string of the molecule is CCOCc1c(C(=O)NC2CCSc3ccccc32)oc2ccccc12. The lowest BCUT2D eigenvalue weighted by Crippen LogP contribution is -2.31. The highest BCUT2D eigenvalue weighted by molar-refractivity contribution is 7.99. The molecule has 0 saturated heterocycles. The molecule has 3 aromatic rings. The summed E-state index contributed by atoms with van der Waals surface area (Å²) in [6.07, 6.45) is 0.911. The summed E-state index contributed by atoms with van der Waals surface area (Å²) >= 11 is 1.84. The Kier molecular flexibility index (Phi) is 5.00. The summed E-state index contributed by atoms with van der Waals surface area (Å²) in [4.78, 5) is 14.2. The van der Waals surface area contributed by atoms with Crippen LogP contribution in [0.3, 0.4) is 0 Å². The molecule has 0 fully saturated rings. The van der Waals surface area contributed by atoms with Gasteiger partial charge in [-0.15, -0.1) is 11.8 Å². The van der Waals surface area contributed by atoms with E-state index in [0.29, 0.717) is 24.6 Å². The molecule has 0 aliphatic carbocycles. The van der Waals surface area contributed by atoms with Crippen molar-refractivity contribution in [2.45, 2.75) is 30.9 Å². The molecule has 1 unspecified atom stereocenters. The first kappa shape index (κ1) is 17.2. The molecule has 1 amide bonds. The molecule has 1 aliphatic rings. The molecule has 4 rings (SSSR count). The maximum Gasteiger partial charge on any atom is 0.287 e. The highest BCUT2D eigenvalue weighted by Gasteiger charge is 2.26. The second-order valence-electron chi connectivity index (χ2n) is 6.24. The fraction of sp³-hybridized carbons (Fsp3) is 0.286. The van der Waals surface area contributed by atoms with Gasteiger partial charge in [-0.25, -0.2) is 0 Å². The molecule has 1 aromatic heterocycles. The number of hydrogen-bond acceptors (Lipinski definition) is 4. The van der Waals surface area contributed by atoms with E-state index in [1.807, 2.05) is 55.1 Å². The van der Waals surface area contributed by atoms with Crippen molar-refractivity contribution in [3.8, 4) is 0 Å². The Hall–Kier alpha value is -2.24. The lowest BCUT2D eigenvalue weighted by molar-refractivity contribution is 0.0896. The minimum absolute atomic E-state index is 0.00751. The molecule has 134 valence electrons. The van der Waals surface area contributed by atoms with Gasteiger partial charge in [0.2, 0.25) is 0 Å². The van der Waals surface area contributed by atoms with E-state index in [-0.39, 0.29) is 11.9 Å². The van der Waals surface area contributed by atoms with E-state index in [1.165, 1.54) is 10.5 Å². The minimum atomic E-state index is -0.178. The number of rotatable bonds is 5. The van der Waals surface area contributed by atoms with Crippen molar-refractivity contribution >= 4 is 28.6 Å². The standard InChI is InChI=1S/C21H21NO3S/c1-2-24-13-16-14-7-3-5-9-18(14)25-20(16)21(23)22-17-11-12-26-19-10-6-4-8-15(17)19/h3-10,17H,2,11-13H2,1H3,(H,22,23). The van der Waals surface area contributed by atoms with Gasteiger partial charge in [0.15, 0.2) is 5.76 Å². The quantitative estimate of drug-likeness (QED) is 0.694. The first-order valence-electron chi connectivity index (χ1n) is 8.88. The van der Waals surface area contributed by atoms with Crippen LogP contribution in [0.2, 0.25) is 0 Å². The first-order chi connectivity index (χ1) is 12.8. The second-order valence-corrected chi connectivity index (χ2v) is 7.38. The fourth-order valence-corrected chi connectivity index (χ4v) is 4.47. The maximum atomic E-state index is 13.0. The molecule has 4 nitrogen and oxygen atoms in total. The van der Waals surface area contributed by atoms with Crippen LogP contribution >= 0.6 is 11.8 Å². The van der Waals surface area contributed by atoms with Crippen molar-refractivity contribution in [2.24, 2.45) is 0 Å². The van der Waals surface area contributed by atoms with Gasteiger partial charge >= 0.3 is 0 Å². The van der Waals surface area contributed by atoms with Crippen LogP contribution in [0.1, 0.15) is 41.1 Å². The van der Waals surface area contributed by atoms with Gasteiger partial charge in [-0.2, -0.15) is 0 Å². The molecule has 1 atom stereocenters. The smallest absolute Gasteiger partial charge is 0.287 e. The van der Waals surface area contributed by atoms with Crippen molar-refractivity contribution in [1.82, 2.24) is 5.32 Å². The van der Waals surface area contributed by atoms with Crippen LogP contribution < -0.4 is 5.32 Å². The summed E-state index contributed by atoms with van der Waals surface area (Å²) in [5.41, 5.74) is 2.71. The molecule has 2 heterocycles. The zero-order valence-corrected chi connectivity index (χ0v) is 15.5. The Morgan fingerprint density at radius 1 is 1.23 bits per heavy atom.